The Morgan fingerprint density at radius 2 is 1.80 bits per heavy atom. The third-order valence-corrected chi connectivity index (χ3v) is 7.07. The van der Waals surface area contributed by atoms with Crippen LogP contribution in [-0.4, -0.2) is 28.9 Å². The van der Waals surface area contributed by atoms with Crippen molar-refractivity contribution >= 4 is 44.1 Å². The molecule has 0 saturated carbocycles. The number of aliphatic hydroxyl groups excluding tert-OH is 1. The third-order valence-electron chi connectivity index (χ3n) is 6.06. The Bertz CT molecular complexity index is 1480. The highest BCUT2D eigenvalue weighted by Gasteiger charge is 2.48. The van der Waals surface area contributed by atoms with Crippen LogP contribution in [0.1, 0.15) is 29.7 Å². The second-order valence-electron chi connectivity index (χ2n) is 8.10. The van der Waals surface area contributed by atoms with Gasteiger partial charge in [-0.15, -0.1) is 0 Å². The highest BCUT2D eigenvalue weighted by Crippen LogP contribution is 2.44. The van der Waals surface area contributed by atoms with Crippen molar-refractivity contribution in [3.8, 4) is 5.75 Å². The number of aliphatic hydroxyl groups is 1. The Morgan fingerprint density at radius 3 is 2.46 bits per heavy atom. The van der Waals surface area contributed by atoms with Gasteiger partial charge >= 0.3 is 5.91 Å². The molecule has 0 bridgehead atoms. The molecule has 176 valence electrons. The molecule has 1 aromatic heterocycles. The number of thiazole rings is 1. The van der Waals surface area contributed by atoms with Crippen molar-refractivity contribution < 1.29 is 23.8 Å². The van der Waals surface area contributed by atoms with Crippen molar-refractivity contribution in [2.75, 3.05) is 12.0 Å². The van der Waals surface area contributed by atoms with Crippen LogP contribution in [-0.2, 0) is 16.0 Å². The Morgan fingerprint density at radius 1 is 1.09 bits per heavy atom. The predicted octanol–water partition coefficient (Wildman–Crippen LogP) is 5.63. The van der Waals surface area contributed by atoms with Gasteiger partial charge in [0, 0.05) is 5.56 Å². The van der Waals surface area contributed by atoms with Gasteiger partial charge in [-0.25, -0.2) is 9.37 Å². The molecule has 4 aromatic rings. The number of fused-ring (bicyclic) bond motifs is 1. The van der Waals surface area contributed by atoms with Crippen molar-refractivity contribution in [2.45, 2.75) is 19.4 Å². The molecule has 1 aliphatic heterocycles. The van der Waals surface area contributed by atoms with E-state index >= 15 is 0 Å². The van der Waals surface area contributed by atoms with Crippen LogP contribution in [0.15, 0.2) is 72.3 Å². The number of hydrogen-bond donors (Lipinski definition) is 1. The van der Waals surface area contributed by atoms with Crippen LogP contribution in [0, 0.1) is 5.82 Å². The van der Waals surface area contributed by atoms with Crippen molar-refractivity contribution in [1.82, 2.24) is 4.98 Å². The standard InChI is InChI=1S/C27H21FN2O4S/c1-3-15-4-6-16(7-5-15)23-22(24(31)17-8-10-18(28)11-9-17)25(32)26(33)30(23)27-29-20-13-12-19(34-2)14-21(20)35-27/h4-14,23,31H,3H2,1-2H3/b24-22+. The molecule has 1 saturated heterocycles. The molecule has 2 heterocycles. The molecule has 1 unspecified atom stereocenters. The van der Waals surface area contributed by atoms with E-state index in [9.17, 15) is 19.1 Å². The van der Waals surface area contributed by atoms with Crippen molar-refractivity contribution in [2.24, 2.45) is 0 Å². The zero-order valence-corrected chi connectivity index (χ0v) is 19.8. The summed E-state index contributed by atoms with van der Waals surface area (Å²) in [5.41, 5.74) is 2.58. The summed E-state index contributed by atoms with van der Waals surface area (Å²) in [6, 6.07) is 17.2. The zero-order chi connectivity index (χ0) is 24.7. The fraction of sp³-hybridized carbons (Fsp3) is 0.148. The first-order chi connectivity index (χ1) is 16.9. The number of Topliss-reactive ketones (excluding diaryl/α,β-unsaturated/α-hetero) is 1. The largest absolute Gasteiger partial charge is 0.507 e. The average Bonchev–Trinajstić information content (AvgIpc) is 3.41. The Labute approximate surface area is 204 Å². The van der Waals surface area contributed by atoms with Crippen molar-refractivity contribution in [1.29, 1.82) is 0 Å². The normalized spacial score (nSPS) is 17.3. The van der Waals surface area contributed by atoms with E-state index in [4.69, 9.17) is 4.74 Å². The van der Waals surface area contributed by atoms with E-state index < -0.39 is 23.5 Å². The number of benzene rings is 3. The minimum absolute atomic E-state index is 0.0670. The monoisotopic (exact) mass is 488 g/mol. The van der Waals surface area contributed by atoms with E-state index in [0.717, 1.165) is 16.7 Å². The molecule has 0 aliphatic carbocycles. The number of aromatic nitrogens is 1. The molecule has 1 aliphatic rings. The van der Waals surface area contributed by atoms with Gasteiger partial charge in [-0.1, -0.05) is 42.5 Å². The molecule has 0 radical (unpaired) electrons. The van der Waals surface area contributed by atoms with Gasteiger partial charge in [0.15, 0.2) is 5.13 Å². The SMILES string of the molecule is CCc1ccc(C2/C(=C(\O)c3ccc(F)cc3)C(=O)C(=O)N2c2nc3ccc(OC)cc3s2)cc1. The highest BCUT2D eigenvalue weighted by atomic mass is 32.1. The minimum atomic E-state index is -0.895. The number of hydrogen-bond acceptors (Lipinski definition) is 6. The maximum Gasteiger partial charge on any atom is 0.301 e. The van der Waals surface area contributed by atoms with E-state index in [0.29, 0.717) is 22.0 Å². The van der Waals surface area contributed by atoms with Gasteiger partial charge in [0.05, 0.1) is 28.9 Å². The van der Waals surface area contributed by atoms with Crippen LogP contribution in [0.5, 0.6) is 5.75 Å². The first-order valence-corrected chi connectivity index (χ1v) is 11.8. The fourth-order valence-electron chi connectivity index (χ4n) is 4.17. The van der Waals surface area contributed by atoms with Crippen LogP contribution in [0.4, 0.5) is 9.52 Å². The molecule has 1 amide bonds. The summed E-state index contributed by atoms with van der Waals surface area (Å²) in [4.78, 5) is 32.5. The quantitative estimate of drug-likeness (QED) is 0.224. The first-order valence-electron chi connectivity index (χ1n) is 11.0. The number of ketones is 1. The van der Waals surface area contributed by atoms with E-state index in [2.05, 4.69) is 4.98 Å². The maximum atomic E-state index is 13.5. The van der Waals surface area contributed by atoms with Crippen LogP contribution < -0.4 is 9.64 Å². The van der Waals surface area contributed by atoms with Crippen LogP contribution in [0.3, 0.4) is 0 Å². The van der Waals surface area contributed by atoms with Gasteiger partial charge < -0.3 is 9.84 Å². The lowest BCUT2D eigenvalue weighted by Crippen LogP contribution is -2.29. The number of ether oxygens (including phenoxy) is 1. The topological polar surface area (TPSA) is 79.7 Å². The number of methoxy groups -OCH3 is 1. The smallest absolute Gasteiger partial charge is 0.301 e. The summed E-state index contributed by atoms with van der Waals surface area (Å²) < 4.78 is 19.6. The molecule has 5 rings (SSSR count). The number of anilines is 1. The molecular weight excluding hydrogens is 467 g/mol. The van der Waals surface area contributed by atoms with Gasteiger partial charge in [-0.2, -0.15) is 0 Å². The second kappa shape index (κ2) is 8.96. The number of aryl methyl sites for hydroxylation is 1. The third kappa shape index (κ3) is 3.95. The number of halogens is 1. The highest BCUT2D eigenvalue weighted by molar-refractivity contribution is 7.22. The molecule has 0 spiro atoms. The number of nitrogens with zero attached hydrogens (tertiary/aromatic N) is 2. The molecule has 3 aromatic carbocycles. The van der Waals surface area contributed by atoms with Crippen LogP contribution >= 0.6 is 11.3 Å². The molecule has 8 heteroatoms. The molecule has 35 heavy (non-hydrogen) atoms. The average molecular weight is 489 g/mol. The lowest BCUT2D eigenvalue weighted by atomic mass is 9.94. The lowest BCUT2D eigenvalue weighted by Gasteiger charge is -2.23. The Balaban J connectivity index is 1.70. The summed E-state index contributed by atoms with van der Waals surface area (Å²) in [7, 11) is 1.57. The van der Waals surface area contributed by atoms with Crippen molar-refractivity contribution in [3.05, 3.63) is 94.8 Å². The van der Waals surface area contributed by atoms with Crippen LogP contribution in [0.25, 0.3) is 16.0 Å². The number of amides is 1. The molecule has 1 N–H and O–H groups in total. The van der Waals surface area contributed by atoms with Gasteiger partial charge in [-0.05, 0) is 60.0 Å². The zero-order valence-electron chi connectivity index (χ0n) is 19.0. The van der Waals surface area contributed by atoms with Gasteiger partial charge in [0.25, 0.3) is 5.78 Å². The van der Waals surface area contributed by atoms with Gasteiger partial charge in [0.2, 0.25) is 0 Å². The van der Waals surface area contributed by atoms with E-state index in [-0.39, 0.29) is 16.9 Å². The van der Waals surface area contributed by atoms with E-state index in [1.165, 1.54) is 40.5 Å². The molecule has 1 fully saturated rings. The van der Waals surface area contributed by atoms with Gasteiger partial charge in [0.1, 0.15) is 17.3 Å². The first kappa shape index (κ1) is 22.7. The second-order valence-corrected chi connectivity index (χ2v) is 9.11. The summed E-state index contributed by atoms with van der Waals surface area (Å²) in [6.07, 6.45) is 0.829. The maximum absolute atomic E-state index is 13.5. The minimum Gasteiger partial charge on any atom is -0.507 e. The molecule has 1 atom stereocenters. The van der Waals surface area contributed by atoms with E-state index in [1.54, 1.807) is 19.2 Å². The Hall–Kier alpha value is -4.04. The Kier molecular flexibility index (Phi) is 5.82. The lowest BCUT2D eigenvalue weighted by molar-refractivity contribution is -0.132. The molecular formula is C27H21FN2O4S. The number of rotatable bonds is 5. The number of carbonyl (C=O) groups excluding carboxylic acids is 2. The van der Waals surface area contributed by atoms with Gasteiger partial charge in [-0.3, -0.25) is 14.5 Å². The van der Waals surface area contributed by atoms with Crippen molar-refractivity contribution in [3.63, 3.8) is 0 Å². The predicted molar refractivity (Wildman–Crippen MR) is 133 cm³/mol. The number of carbonyl (C=O) groups is 2. The van der Waals surface area contributed by atoms with Crippen LogP contribution in [0.2, 0.25) is 0 Å². The summed E-state index contributed by atoms with van der Waals surface area (Å²) >= 11 is 1.26. The summed E-state index contributed by atoms with van der Waals surface area (Å²) in [5, 5.41) is 11.5. The van der Waals surface area contributed by atoms with E-state index in [1.807, 2.05) is 37.3 Å². The summed E-state index contributed by atoms with van der Waals surface area (Å²) in [5.74, 6) is -1.80. The fourth-order valence-corrected chi connectivity index (χ4v) is 5.19. The summed E-state index contributed by atoms with van der Waals surface area (Å²) in [6.45, 7) is 2.03. The molecule has 6 nitrogen and oxygen atoms in total.